The molecule has 168 valence electrons. The highest BCUT2D eigenvalue weighted by Gasteiger charge is 2.46. The molecule has 5 heteroatoms. The van der Waals surface area contributed by atoms with E-state index >= 15 is 0 Å². The van der Waals surface area contributed by atoms with Gasteiger partial charge in [0.05, 0.1) is 18.2 Å². The number of H-pyrrole nitrogens is 1. The molecule has 32 heavy (non-hydrogen) atoms. The summed E-state index contributed by atoms with van der Waals surface area (Å²) in [5.74, 6) is 2.51. The Kier molecular flexibility index (Phi) is 5.78. The Morgan fingerprint density at radius 2 is 1.97 bits per heavy atom. The molecule has 1 aromatic heterocycles. The van der Waals surface area contributed by atoms with Gasteiger partial charge < -0.3 is 19.7 Å². The van der Waals surface area contributed by atoms with Crippen molar-refractivity contribution in [3.8, 4) is 5.75 Å². The SMILES string of the molecule is COc1cccc2[nH]c(CCN(C)CC[C@@]3(O)C[C@@H]4CC[C@@H]3C=C4c3ccccc3)nc12. The van der Waals surface area contributed by atoms with Gasteiger partial charge in [-0.15, -0.1) is 0 Å². The molecule has 2 bridgehead atoms. The molecule has 0 saturated heterocycles. The molecule has 0 amide bonds. The predicted octanol–water partition coefficient (Wildman–Crippen LogP) is 4.68. The summed E-state index contributed by atoms with van der Waals surface area (Å²) in [7, 11) is 3.82. The number of allylic oxidation sites excluding steroid dienone is 1. The van der Waals surface area contributed by atoms with Gasteiger partial charge in [0, 0.05) is 25.4 Å². The molecule has 1 saturated carbocycles. The van der Waals surface area contributed by atoms with Crippen LogP contribution in [-0.2, 0) is 6.42 Å². The van der Waals surface area contributed by atoms with Crippen LogP contribution in [0.2, 0.25) is 0 Å². The number of imidazole rings is 1. The van der Waals surface area contributed by atoms with E-state index in [1.165, 1.54) is 17.6 Å². The van der Waals surface area contributed by atoms with E-state index in [4.69, 9.17) is 9.72 Å². The van der Waals surface area contributed by atoms with Gasteiger partial charge in [-0.2, -0.15) is 0 Å². The molecule has 2 aromatic carbocycles. The van der Waals surface area contributed by atoms with Crippen molar-refractivity contribution in [2.75, 3.05) is 27.2 Å². The number of para-hydroxylation sites is 1. The Hall–Kier alpha value is -2.63. The van der Waals surface area contributed by atoms with Crippen LogP contribution < -0.4 is 4.74 Å². The Morgan fingerprint density at radius 1 is 1.12 bits per heavy atom. The zero-order chi connectivity index (χ0) is 22.1. The van der Waals surface area contributed by atoms with Crippen LogP contribution in [0.3, 0.4) is 0 Å². The van der Waals surface area contributed by atoms with Crippen molar-refractivity contribution in [3.05, 3.63) is 66.0 Å². The summed E-state index contributed by atoms with van der Waals surface area (Å²) in [5.41, 5.74) is 4.09. The zero-order valence-corrected chi connectivity index (χ0v) is 19.1. The standard InChI is InChI=1S/C27H33N3O2/c1-30(15-13-25-28-23-9-6-10-24(32-2)26(23)29-25)16-14-27(31)18-20-11-12-21(27)17-22(20)19-7-4-3-5-8-19/h3-10,17,20-21,31H,11-16,18H2,1-2H3,(H,28,29)/t20-,21+,27+/m0/s1. The van der Waals surface area contributed by atoms with Crippen LogP contribution in [0.4, 0.5) is 0 Å². The average molecular weight is 432 g/mol. The predicted molar refractivity (Wildman–Crippen MR) is 129 cm³/mol. The largest absolute Gasteiger partial charge is 0.494 e. The summed E-state index contributed by atoms with van der Waals surface area (Å²) in [5, 5.41) is 11.5. The maximum absolute atomic E-state index is 11.5. The minimum atomic E-state index is -0.581. The van der Waals surface area contributed by atoms with Gasteiger partial charge in [0.25, 0.3) is 0 Å². The Balaban J connectivity index is 1.19. The van der Waals surface area contributed by atoms with Gasteiger partial charge >= 0.3 is 0 Å². The second-order valence-electron chi connectivity index (χ2n) is 9.52. The number of fused-ring (bicyclic) bond motifs is 3. The van der Waals surface area contributed by atoms with E-state index < -0.39 is 5.60 Å². The van der Waals surface area contributed by atoms with Crippen molar-refractivity contribution in [1.82, 2.24) is 14.9 Å². The summed E-state index contributed by atoms with van der Waals surface area (Å²) in [6.45, 7) is 1.79. The number of nitrogens with zero attached hydrogens (tertiary/aromatic N) is 2. The molecule has 3 atom stereocenters. The third-order valence-electron chi connectivity index (χ3n) is 7.45. The molecule has 1 fully saturated rings. The minimum Gasteiger partial charge on any atom is -0.494 e. The number of aromatic amines is 1. The molecule has 5 nitrogen and oxygen atoms in total. The lowest BCUT2D eigenvalue weighted by Crippen LogP contribution is -2.48. The van der Waals surface area contributed by atoms with Crippen LogP contribution in [0.25, 0.3) is 16.6 Å². The summed E-state index contributed by atoms with van der Waals surface area (Å²) in [6, 6.07) is 16.6. The van der Waals surface area contributed by atoms with E-state index in [-0.39, 0.29) is 5.92 Å². The van der Waals surface area contributed by atoms with Crippen molar-refractivity contribution in [2.24, 2.45) is 11.8 Å². The Morgan fingerprint density at radius 3 is 2.72 bits per heavy atom. The highest BCUT2D eigenvalue weighted by Crippen LogP contribution is 2.51. The van der Waals surface area contributed by atoms with Gasteiger partial charge in [-0.1, -0.05) is 42.5 Å². The first-order valence-corrected chi connectivity index (χ1v) is 11.8. The van der Waals surface area contributed by atoms with Crippen LogP contribution in [-0.4, -0.2) is 52.8 Å². The second kappa shape index (κ2) is 8.72. The van der Waals surface area contributed by atoms with Gasteiger partial charge in [0.1, 0.15) is 17.1 Å². The van der Waals surface area contributed by atoms with Crippen LogP contribution in [0, 0.1) is 11.8 Å². The average Bonchev–Trinajstić information content (AvgIpc) is 3.25. The van der Waals surface area contributed by atoms with Crippen LogP contribution in [0.5, 0.6) is 5.75 Å². The first kappa shape index (κ1) is 21.2. The fourth-order valence-electron chi connectivity index (χ4n) is 5.57. The highest BCUT2D eigenvalue weighted by molar-refractivity contribution is 5.81. The fourth-order valence-corrected chi connectivity index (χ4v) is 5.57. The number of methoxy groups -OCH3 is 1. The molecule has 3 aromatic rings. The molecule has 3 aliphatic rings. The number of nitrogens with one attached hydrogen (secondary N) is 1. The van der Waals surface area contributed by atoms with E-state index in [2.05, 4.69) is 53.3 Å². The number of likely N-dealkylation sites (N-methyl/N-ethyl adjacent to an activating group) is 1. The fraction of sp³-hybridized carbons (Fsp3) is 0.444. The van der Waals surface area contributed by atoms with Crippen molar-refractivity contribution in [3.63, 3.8) is 0 Å². The third-order valence-corrected chi connectivity index (χ3v) is 7.45. The van der Waals surface area contributed by atoms with Crippen LogP contribution in [0.15, 0.2) is 54.6 Å². The quantitative estimate of drug-likeness (QED) is 0.544. The lowest BCUT2D eigenvalue weighted by atomic mass is 9.61. The summed E-state index contributed by atoms with van der Waals surface area (Å²) >= 11 is 0. The van der Waals surface area contributed by atoms with E-state index in [1.807, 2.05) is 18.2 Å². The van der Waals surface area contributed by atoms with Crippen molar-refractivity contribution >= 4 is 16.6 Å². The minimum absolute atomic E-state index is 0.263. The van der Waals surface area contributed by atoms with E-state index in [1.54, 1.807) is 7.11 Å². The van der Waals surface area contributed by atoms with Gasteiger partial charge in [0.2, 0.25) is 0 Å². The number of aliphatic hydroxyl groups is 1. The summed E-state index contributed by atoms with van der Waals surface area (Å²) in [4.78, 5) is 10.4. The maximum atomic E-state index is 11.5. The van der Waals surface area contributed by atoms with E-state index in [0.29, 0.717) is 5.92 Å². The van der Waals surface area contributed by atoms with Gasteiger partial charge in [-0.25, -0.2) is 4.98 Å². The molecule has 2 N–H and O–H groups in total. The van der Waals surface area contributed by atoms with Crippen molar-refractivity contribution in [2.45, 2.75) is 37.7 Å². The number of hydrogen-bond acceptors (Lipinski definition) is 4. The lowest BCUT2D eigenvalue weighted by Gasteiger charge is -2.48. The van der Waals surface area contributed by atoms with Gasteiger partial charge in [-0.05, 0) is 61.9 Å². The smallest absolute Gasteiger partial charge is 0.146 e. The molecular formula is C27H33N3O2. The summed E-state index contributed by atoms with van der Waals surface area (Å²) < 4.78 is 5.42. The van der Waals surface area contributed by atoms with Gasteiger partial charge in [0.15, 0.2) is 0 Å². The highest BCUT2D eigenvalue weighted by atomic mass is 16.5. The number of rotatable bonds is 8. The lowest BCUT2D eigenvalue weighted by molar-refractivity contribution is -0.0574. The first-order valence-electron chi connectivity index (χ1n) is 11.8. The van der Waals surface area contributed by atoms with Crippen LogP contribution >= 0.6 is 0 Å². The molecule has 6 rings (SSSR count). The maximum Gasteiger partial charge on any atom is 0.146 e. The Labute approximate surface area is 190 Å². The molecule has 0 spiro atoms. The van der Waals surface area contributed by atoms with Gasteiger partial charge in [-0.3, -0.25) is 0 Å². The summed E-state index contributed by atoms with van der Waals surface area (Å²) in [6.07, 6.45) is 7.21. The molecule has 0 unspecified atom stereocenters. The number of aromatic nitrogens is 2. The monoisotopic (exact) mass is 431 g/mol. The second-order valence-corrected chi connectivity index (χ2v) is 9.52. The Bertz CT molecular complexity index is 1110. The molecule has 0 radical (unpaired) electrons. The number of benzene rings is 2. The van der Waals surface area contributed by atoms with E-state index in [9.17, 15) is 5.11 Å². The molecule has 3 aliphatic carbocycles. The normalized spacial score (nSPS) is 24.8. The van der Waals surface area contributed by atoms with Crippen molar-refractivity contribution in [1.29, 1.82) is 0 Å². The van der Waals surface area contributed by atoms with Crippen molar-refractivity contribution < 1.29 is 9.84 Å². The number of ether oxygens (including phenoxy) is 1. The first-order chi connectivity index (χ1) is 15.6. The number of hydrogen-bond donors (Lipinski definition) is 2. The molecular weight excluding hydrogens is 398 g/mol. The topological polar surface area (TPSA) is 61.4 Å². The van der Waals surface area contributed by atoms with Crippen LogP contribution in [0.1, 0.15) is 37.1 Å². The molecule has 0 aliphatic heterocycles. The third kappa shape index (κ3) is 4.07. The molecule has 1 heterocycles. The van der Waals surface area contributed by atoms with E-state index in [0.717, 1.165) is 61.4 Å². The zero-order valence-electron chi connectivity index (χ0n) is 19.1.